The molecule has 0 saturated carbocycles. The summed E-state index contributed by atoms with van der Waals surface area (Å²) in [5.41, 5.74) is 0.919. The number of thiophene rings is 1. The molecule has 27 heavy (non-hydrogen) atoms. The summed E-state index contributed by atoms with van der Waals surface area (Å²) in [6, 6.07) is 0. The van der Waals surface area contributed by atoms with Crippen LogP contribution in [0.25, 0.3) is 10.2 Å². The van der Waals surface area contributed by atoms with Gasteiger partial charge in [0.15, 0.2) is 5.16 Å². The van der Waals surface area contributed by atoms with Crippen molar-refractivity contribution in [3.63, 3.8) is 0 Å². The molecular formula is C18H26N4O3S2. The number of likely N-dealkylation sites (N-methyl/N-ethyl adjacent to an activating group) is 1. The molecule has 2 heterocycles. The lowest BCUT2D eigenvalue weighted by atomic mass is 10.2. The molecule has 7 nitrogen and oxygen atoms in total. The number of carbonyl (C=O) groups is 2. The Morgan fingerprint density at radius 3 is 2.56 bits per heavy atom. The molecule has 0 aliphatic heterocycles. The number of amides is 2. The van der Waals surface area contributed by atoms with Gasteiger partial charge in [0.1, 0.15) is 4.83 Å². The standard InChI is InChI=1S/C18H26N4O3S2/c1-6-19-13(23)7-20-14(24)9-26-18-21-16-15(11(4)12(5)27-16)17(25)22(18)8-10(2)3/h10H,6-9H2,1-5H3,(H,19,23)(H,20,24). The van der Waals surface area contributed by atoms with E-state index in [4.69, 9.17) is 0 Å². The summed E-state index contributed by atoms with van der Waals surface area (Å²) >= 11 is 2.72. The van der Waals surface area contributed by atoms with E-state index in [1.165, 1.54) is 23.1 Å². The lowest BCUT2D eigenvalue weighted by molar-refractivity contribution is -0.124. The summed E-state index contributed by atoms with van der Waals surface area (Å²) in [6.45, 7) is 10.8. The molecule has 0 unspecified atom stereocenters. The van der Waals surface area contributed by atoms with E-state index in [0.29, 0.717) is 28.5 Å². The number of hydrogen-bond donors (Lipinski definition) is 2. The molecule has 9 heteroatoms. The Morgan fingerprint density at radius 1 is 1.22 bits per heavy atom. The highest BCUT2D eigenvalue weighted by Crippen LogP contribution is 2.28. The van der Waals surface area contributed by atoms with Crippen molar-refractivity contribution in [1.82, 2.24) is 20.2 Å². The second-order valence-corrected chi connectivity index (χ2v) is 8.83. The third-order valence-electron chi connectivity index (χ3n) is 3.95. The van der Waals surface area contributed by atoms with E-state index in [2.05, 4.69) is 15.6 Å². The molecule has 0 aliphatic carbocycles. The van der Waals surface area contributed by atoms with Crippen molar-refractivity contribution >= 4 is 45.1 Å². The van der Waals surface area contributed by atoms with Gasteiger partial charge in [-0.05, 0) is 32.3 Å². The number of aromatic nitrogens is 2. The highest BCUT2D eigenvalue weighted by atomic mass is 32.2. The average Bonchev–Trinajstić information content (AvgIpc) is 2.88. The average molecular weight is 411 g/mol. The van der Waals surface area contributed by atoms with Crippen LogP contribution in [-0.2, 0) is 16.1 Å². The maximum Gasteiger partial charge on any atom is 0.263 e. The number of fused-ring (bicyclic) bond motifs is 1. The van der Waals surface area contributed by atoms with Crippen molar-refractivity contribution in [3.8, 4) is 0 Å². The molecule has 2 amide bonds. The first-order valence-electron chi connectivity index (χ1n) is 8.91. The van der Waals surface area contributed by atoms with Crippen molar-refractivity contribution in [3.05, 3.63) is 20.8 Å². The van der Waals surface area contributed by atoms with Gasteiger partial charge in [-0.2, -0.15) is 0 Å². The number of carbonyl (C=O) groups excluding carboxylic acids is 2. The van der Waals surface area contributed by atoms with Crippen molar-refractivity contribution in [2.75, 3.05) is 18.8 Å². The van der Waals surface area contributed by atoms with Gasteiger partial charge < -0.3 is 10.6 Å². The number of thioether (sulfide) groups is 1. The van der Waals surface area contributed by atoms with Gasteiger partial charge in [-0.3, -0.25) is 19.0 Å². The minimum absolute atomic E-state index is 0.0538. The summed E-state index contributed by atoms with van der Waals surface area (Å²) in [6.07, 6.45) is 0. The Kier molecular flexibility index (Phi) is 7.43. The zero-order valence-electron chi connectivity index (χ0n) is 16.3. The summed E-state index contributed by atoms with van der Waals surface area (Å²) < 4.78 is 1.66. The van der Waals surface area contributed by atoms with Crippen LogP contribution in [0, 0.1) is 19.8 Å². The van der Waals surface area contributed by atoms with Gasteiger partial charge in [0.25, 0.3) is 5.56 Å². The van der Waals surface area contributed by atoms with Gasteiger partial charge in [0.05, 0.1) is 17.7 Å². The Balaban J connectivity index is 2.22. The Hall–Kier alpha value is -1.87. The quantitative estimate of drug-likeness (QED) is 0.513. The predicted molar refractivity (Wildman–Crippen MR) is 111 cm³/mol. The fraction of sp³-hybridized carbons (Fsp3) is 0.556. The van der Waals surface area contributed by atoms with E-state index < -0.39 is 0 Å². The number of aryl methyl sites for hydroxylation is 2. The van der Waals surface area contributed by atoms with Crippen LogP contribution >= 0.6 is 23.1 Å². The van der Waals surface area contributed by atoms with Crippen LogP contribution in [0.5, 0.6) is 0 Å². The monoisotopic (exact) mass is 410 g/mol. The number of nitrogens with zero attached hydrogens (tertiary/aromatic N) is 2. The fourth-order valence-corrected chi connectivity index (χ4v) is 4.47. The van der Waals surface area contributed by atoms with Crippen LogP contribution in [0.3, 0.4) is 0 Å². The second kappa shape index (κ2) is 9.36. The summed E-state index contributed by atoms with van der Waals surface area (Å²) in [7, 11) is 0. The van der Waals surface area contributed by atoms with Gasteiger partial charge in [0.2, 0.25) is 11.8 Å². The molecule has 2 N–H and O–H groups in total. The smallest absolute Gasteiger partial charge is 0.263 e. The zero-order chi connectivity index (χ0) is 20.1. The SMILES string of the molecule is CCNC(=O)CNC(=O)CSc1nc2sc(C)c(C)c2c(=O)n1CC(C)C. The zero-order valence-corrected chi connectivity index (χ0v) is 18.0. The topological polar surface area (TPSA) is 93.1 Å². The number of rotatable bonds is 8. The van der Waals surface area contributed by atoms with Gasteiger partial charge >= 0.3 is 0 Å². The molecule has 0 saturated heterocycles. The molecule has 0 spiro atoms. The van der Waals surface area contributed by atoms with Gasteiger partial charge in [-0.15, -0.1) is 11.3 Å². The van der Waals surface area contributed by atoms with Gasteiger partial charge in [0, 0.05) is 18.0 Å². The third-order valence-corrected chi connectivity index (χ3v) is 6.03. The maximum atomic E-state index is 13.0. The Bertz CT molecular complexity index is 902. The lowest BCUT2D eigenvalue weighted by Gasteiger charge is -2.14. The number of nitrogens with one attached hydrogen (secondary N) is 2. The first-order chi connectivity index (χ1) is 12.7. The van der Waals surface area contributed by atoms with Crippen LogP contribution in [0.1, 0.15) is 31.2 Å². The van der Waals surface area contributed by atoms with Crippen LogP contribution < -0.4 is 16.2 Å². The van der Waals surface area contributed by atoms with Gasteiger partial charge in [-0.25, -0.2) is 4.98 Å². The maximum absolute atomic E-state index is 13.0. The normalized spacial score (nSPS) is 11.2. The van der Waals surface area contributed by atoms with Crippen LogP contribution in [-0.4, -0.2) is 40.2 Å². The lowest BCUT2D eigenvalue weighted by Crippen LogP contribution is -2.37. The first kappa shape index (κ1) is 21.4. The summed E-state index contributed by atoms with van der Waals surface area (Å²) in [5, 5.41) is 6.41. The van der Waals surface area contributed by atoms with Crippen molar-refractivity contribution in [1.29, 1.82) is 0 Å². The van der Waals surface area contributed by atoms with E-state index in [1.807, 2.05) is 34.6 Å². The van der Waals surface area contributed by atoms with Crippen molar-refractivity contribution < 1.29 is 9.59 Å². The predicted octanol–water partition coefficient (Wildman–Crippen LogP) is 2.08. The highest BCUT2D eigenvalue weighted by molar-refractivity contribution is 7.99. The molecule has 0 bridgehead atoms. The molecule has 0 atom stereocenters. The second-order valence-electron chi connectivity index (χ2n) is 6.69. The van der Waals surface area contributed by atoms with Crippen molar-refractivity contribution in [2.24, 2.45) is 5.92 Å². The largest absolute Gasteiger partial charge is 0.355 e. The summed E-state index contributed by atoms with van der Waals surface area (Å²) in [4.78, 5) is 42.9. The molecule has 0 fully saturated rings. The summed E-state index contributed by atoms with van der Waals surface area (Å²) in [5.74, 6) is -0.126. The highest BCUT2D eigenvalue weighted by Gasteiger charge is 2.18. The molecule has 2 rings (SSSR count). The molecule has 148 valence electrons. The van der Waals surface area contributed by atoms with Crippen LogP contribution in [0.15, 0.2) is 9.95 Å². The fourth-order valence-electron chi connectivity index (χ4n) is 2.56. The molecular weight excluding hydrogens is 384 g/mol. The van der Waals surface area contributed by atoms with Gasteiger partial charge in [-0.1, -0.05) is 25.6 Å². The first-order valence-corrected chi connectivity index (χ1v) is 10.7. The van der Waals surface area contributed by atoms with E-state index in [9.17, 15) is 14.4 Å². The minimum Gasteiger partial charge on any atom is -0.355 e. The molecule has 0 radical (unpaired) electrons. The van der Waals surface area contributed by atoms with Crippen molar-refractivity contribution in [2.45, 2.75) is 46.3 Å². The van der Waals surface area contributed by atoms with E-state index >= 15 is 0 Å². The number of hydrogen-bond acceptors (Lipinski definition) is 6. The van der Waals surface area contributed by atoms with Crippen LogP contribution in [0.4, 0.5) is 0 Å². The van der Waals surface area contributed by atoms with Crippen LogP contribution in [0.2, 0.25) is 0 Å². The third kappa shape index (κ3) is 5.32. The van der Waals surface area contributed by atoms with E-state index in [-0.39, 0.29) is 35.6 Å². The minimum atomic E-state index is -0.268. The van der Waals surface area contributed by atoms with E-state index in [0.717, 1.165) is 10.4 Å². The molecule has 0 aliphatic rings. The van der Waals surface area contributed by atoms with E-state index in [1.54, 1.807) is 4.57 Å². The molecule has 2 aromatic heterocycles. The Labute approximate surface area is 166 Å². The Morgan fingerprint density at radius 2 is 1.93 bits per heavy atom. The molecule has 2 aromatic rings. The molecule has 0 aromatic carbocycles.